The van der Waals surface area contributed by atoms with Gasteiger partial charge in [-0.1, -0.05) is 0 Å². The molecule has 3 rings (SSSR count). The molecule has 0 amide bonds. The average Bonchev–Trinajstić information content (AvgIpc) is 2.80. The summed E-state index contributed by atoms with van der Waals surface area (Å²) >= 11 is 0. The smallest absolute Gasteiger partial charge is 0.399 e. The number of aromatic nitrogens is 3. The summed E-state index contributed by atoms with van der Waals surface area (Å²) in [5.74, 6) is 0. The van der Waals surface area contributed by atoms with Crippen molar-refractivity contribution < 1.29 is 9.31 Å². The second-order valence-electron chi connectivity index (χ2n) is 5.63. The van der Waals surface area contributed by atoms with E-state index in [9.17, 15) is 0 Å². The molecular weight excluding hydrogens is 229 g/mol. The predicted molar refractivity (Wildman–Crippen MR) is 69.6 cm³/mol. The van der Waals surface area contributed by atoms with Gasteiger partial charge in [-0.15, -0.1) is 0 Å². The number of hydrogen-bond acceptors (Lipinski definition) is 4. The Kier molecular flexibility index (Phi) is 2.31. The number of fused-ring (bicyclic) bond motifs is 1. The fourth-order valence-corrected chi connectivity index (χ4v) is 1.95. The lowest BCUT2D eigenvalue weighted by Gasteiger charge is -2.32. The van der Waals surface area contributed by atoms with Crippen molar-refractivity contribution in [3.05, 3.63) is 18.6 Å². The third-order valence-corrected chi connectivity index (χ3v) is 3.82. The summed E-state index contributed by atoms with van der Waals surface area (Å²) in [5, 5.41) is 0. The van der Waals surface area contributed by atoms with E-state index in [1.54, 1.807) is 12.5 Å². The normalized spacial score (nSPS) is 21.7. The van der Waals surface area contributed by atoms with Gasteiger partial charge in [0, 0.05) is 11.7 Å². The number of aromatic amines is 1. The molecule has 3 heterocycles. The predicted octanol–water partition coefficient (Wildman–Crippen LogP) is 1.26. The van der Waals surface area contributed by atoms with Gasteiger partial charge in [0.1, 0.15) is 5.52 Å². The fourth-order valence-electron chi connectivity index (χ4n) is 1.95. The average molecular weight is 245 g/mol. The Morgan fingerprint density at radius 1 is 1.11 bits per heavy atom. The number of H-pyrrole nitrogens is 1. The van der Waals surface area contributed by atoms with Crippen molar-refractivity contribution in [3.63, 3.8) is 0 Å². The van der Waals surface area contributed by atoms with Crippen molar-refractivity contribution >= 4 is 23.7 Å². The van der Waals surface area contributed by atoms with Crippen LogP contribution in [0.1, 0.15) is 27.7 Å². The molecule has 1 fully saturated rings. The molecule has 18 heavy (non-hydrogen) atoms. The van der Waals surface area contributed by atoms with E-state index < -0.39 is 0 Å². The van der Waals surface area contributed by atoms with E-state index in [0.29, 0.717) is 0 Å². The molecule has 2 aromatic rings. The van der Waals surface area contributed by atoms with Crippen LogP contribution in [-0.4, -0.2) is 33.3 Å². The van der Waals surface area contributed by atoms with Crippen molar-refractivity contribution in [2.24, 2.45) is 0 Å². The topological polar surface area (TPSA) is 60.0 Å². The van der Waals surface area contributed by atoms with Gasteiger partial charge in [-0.2, -0.15) is 0 Å². The molecule has 5 nitrogen and oxygen atoms in total. The Morgan fingerprint density at radius 2 is 1.78 bits per heavy atom. The Morgan fingerprint density at radius 3 is 2.44 bits per heavy atom. The van der Waals surface area contributed by atoms with Crippen LogP contribution in [0.4, 0.5) is 0 Å². The zero-order chi connectivity index (χ0) is 13.0. The third kappa shape index (κ3) is 1.64. The van der Waals surface area contributed by atoms with Crippen molar-refractivity contribution in [2.45, 2.75) is 38.9 Å². The highest BCUT2D eigenvalue weighted by atomic mass is 16.7. The molecule has 0 unspecified atom stereocenters. The molecule has 0 saturated carbocycles. The van der Waals surface area contributed by atoms with E-state index in [1.165, 1.54) is 0 Å². The molecular formula is C12H16BN3O2. The van der Waals surface area contributed by atoms with Crippen LogP contribution in [0.2, 0.25) is 0 Å². The van der Waals surface area contributed by atoms with Gasteiger partial charge >= 0.3 is 7.12 Å². The number of pyridine rings is 1. The van der Waals surface area contributed by atoms with Crippen LogP contribution >= 0.6 is 0 Å². The van der Waals surface area contributed by atoms with Crippen molar-refractivity contribution in [3.8, 4) is 0 Å². The van der Waals surface area contributed by atoms with E-state index >= 15 is 0 Å². The molecule has 1 aliphatic heterocycles. The molecule has 0 aliphatic carbocycles. The molecule has 0 aromatic carbocycles. The largest absolute Gasteiger partial charge is 0.496 e. The number of hydrogen-bond donors (Lipinski definition) is 1. The SMILES string of the molecule is CC1(C)OB(c2cnc3[nH]cnc3c2)OC1(C)C. The monoisotopic (exact) mass is 245 g/mol. The maximum absolute atomic E-state index is 5.98. The minimum absolute atomic E-state index is 0.335. The molecule has 0 spiro atoms. The molecule has 1 N–H and O–H groups in total. The fraction of sp³-hybridized carbons (Fsp3) is 0.500. The lowest BCUT2D eigenvalue weighted by Crippen LogP contribution is -2.41. The summed E-state index contributed by atoms with van der Waals surface area (Å²) in [6, 6.07) is 1.95. The number of nitrogens with zero attached hydrogens (tertiary/aromatic N) is 2. The minimum Gasteiger partial charge on any atom is -0.399 e. The quantitative estimate of drug-likeness (QED) is 0.768. The highest BCUT2D eigenvalue weighted by molar-refractivity contribution is 6.62. The van der Waals surface area contributed by atoms with Crippen LogP contribution in [0.5, 0.6) is 0 Å². The minimum atomic E-state index is -0.386. The molecule has 94 valence electrons. The highest BCUT2D eigenvalue weighted by Crippen LogP contribution is 2.36. The Labute approximate surface area is 106 Å². The van der Waals surface area contributed by atoms with Crippen LogP contribution in [0, 0.1) is 0 Å². The standard InChI is InChI=1S/C12H16BN3O2/c1-11(2)12(3,4)18-13(17-11)8-5-9-10(14-6-8)16-7-15-9/h5-7H,1-4H3,(H,14,15,16). The first-order chi connectivity index (χ1) is 8.39. The van der Waals surface area contributed by atoms with E-state index in [2.05, 4.69) is 15.0 Å². The molecule has 6 heteroatoms. The van der Waals surface area contributed by atoms with E-state index in [-0.39, 0.29) is 18.3 Å². The number of rotatable bonds is 1. The van der Waals surface area contributed by atoms with Crippen molar-refractivity contribution in [2.75, 3.05) is 0 Å². The summed E-state index contributed by atoms with van der Waals surface area (Å²) in [6.45, 7) is 8.14. The molecule has 0 radical (unpaired) electrons. The summed E-state index contributed by atoms with van der Waals surface area (Å²) in [4.78, 5) is 11.5. The first-order valence-electron chi connectivity index (χ1n) is 6.04. The van der Waals surface area contributed by atoms with Crippen molar-refractivity contribution in [1.29, 1.82) is 0 Å². The van der Waals surface area contributed by atoms with Crippen molar-refractivity contribution in [1.82, 2.24) is 15.0 Å². The van der Waals surface area contributed by atoms with Crippen LogP contribution in [0.25, 0.3) is 11.2 Å². The van der Waals surface area contributed by atoms with E-state index in [4.69, 9.17) is 9.31 Å². The zero-order valence-electron chi connectivity index (χ0n) is 11.0. The Balaban J connectivity index is 1.96. The summed E-state index contributed by atoms with van der Waals surface area (Å²) in [7, 11) is -0.386. The van der Waals surface area contributed by atoms with Gasteiger partial charge in [-0.25, -0.2) is 9.97 Å². The molecule has 2 aromatic heterocycles. The second-order valence-corrected chi connectivity index (χ2v) is 5.63. The van der Waals surface area contributed by atoms with Crippen LogP contribution in [0.3, 0.4) is 0 Å². The third-order valence-electron chi connectivity index (χ3n) is 3.82. The first-order valence-corrected chi connectivity index (χ1v) is 6.04. The molecule has 1 saturated heterocycles. The number of nitrogens with one attached hydrogen (secondary N) is 1. The Bertz CT molecular complexity index is 578. The molecule has 1 aliphatic rings. The van der Waals surface area contributed by atoms with Crippen LogP contribution in [0.15, 0.2) is 18.6 Å². The maximum Gasteiger partial charge on any atom is 0.496 e. The summed E-state index contributed by atoms with van der Waals surface area (Å²) < 4.78 is 12.0. The van der Waals surface area contributed by atoms with Gasteiger partial charge in [-0.05, 0) is 33.8 Å². The van der Waals surface area contributed by atoms with Gasteiger partial charge in [0.25, 0.3) is 0 Å². The number of imidazole rings is 1. The van der Waals surface area contributed by atoms with Gasteiger partial charge in [0.15, 0.2) is 5.65 Å². The zero-order valence-corrected chi connectivity index (χ0v) is 11.0. The van der Waals surface area contributed by atoms with Gasteiger partial charge in [0.05, 0.1) is 17.5 Å². The second kappa shape index (κ2) is 3.55. The van der Waals surface area contributed by atoms with Crippen LogP contribution in [-0.2, 0) is 9.31 Å². The van der Waals surface area contributed by atoms with E-state index in [1.807, 2.05) is 33.8 Å². The molecule has 0 atom stereocenters. The lowest BCUT2D eigenvalue weighted by molar-refractivity contribution is 0.00578. The Hall–Kier alpha value is -1.40. The maximum atomic E-state index is 5.98. The van der Waals surface area contributed by atoms with Gasteiger partial charge in [0.2, 0.25) is 0 Å². The lowest BCUT2D eigenvalue weighted by atomic mass is 9.80. The summed E-state index contributed by atoms with van der Waals surface area (Å²) in [6.07, 6.45) is 3.40. The summed E-state index contributed by atoms with van der Waals surface area (Å²) in [5.41, 5.74) is 1.82. The van der Waals surface area contributed by atoms with Crippen LogP contribution < -0.4 is 5.46 Å². The highest BCUT2D eigenvalue weighted by Gasteiger charge is 2.51. The van der Waals surface area contributed by atoms with Gasteiger partial charge < -0.3 is 14.3 Å². The first kappa shape index (κ1) is 11.7. The molecule has 0 bridgehead atoms. The van der Waals surface area contributed by atoms with Gasteiger partial charge in [-0.3, -0.25) is 0 Å². The van der Waals surface area contributed by atoms with E-state index in [0.717, 1.165) is 16.6 Å².